The molecule has 0 aliphatic rings. The van der Waals surface area contributed by atoms with Gasteiger partial charge in [-0.15, -0.1) is 21.5 Å². The van der Waals surface area contributed by atoms with Crippen LogP contribution in [0.2, 0.25) is 5.02 Å². The van der Waals surface area contributed by atoms with Crippen LogP contribution in [0, 0.1) is 0 Å². The minimum Gasteiger partial charge on any atom is -0.302 e. The third kappa shape index (κ3) is 4.56. The maximum absolute atomic E-state index is 12.4. The first-order chi connectivity index (χ1) is 14.7. The van der Waals surface area contributed by atoms with Crippen molar-refractivity contribution in [1.82, 2.24) is 19.7 Å². The summed E-state index contributed by atoms with van der Waals surface area (Å²) in [6, 6.07) is 17.4. The second-order valence-corrected chi connectivity index (χ2v) is 8.48. The van der Waals surface area contributed by atoms with Crippen molar-refractivity contribution < 1.29 is 4.79 Å². The van der Waals surface area contributed by atoms with E-state index < -0.39 is 0 Å². The van der Waals surface area contributed by atoms with Crippen LogP contribution in [-0.4, -0.2) is 31.4 Å². The topological polar surface area (TPSA) is 72.7 Å². The van der Waals surface area contributed by atoms with Gasteiger partial charge in [0.05, 0.1) is 16.5 Å². The summed E-state index contributed by atoms with van der Waals surface area (Å²) in [6.07, 6.45) is 0. The van der Waals surface area contributed by atoms with Crippen LogP contribution in [0.5, 0.6) is 0 Å². The molecule has 0 spiro atoms. The number of anilines is 1. The molecule has 0 bridgehead atoms. The smallest absolute Gasteiger partial charge is 0.236 e. The average molecular weight is 456 g/mol. The largest absolute Gasteiger partial charge is 0.302 e. The number of thiazole rings is 1. The first kappa shape index (κ1) is 20.6. The third-order valence-corrected chi connectivity index (χ3v) is 6.35. The predicted molar refractivity (Wildman–Crippen MR) is 123 cm³/mol. The second-order valence-electron chi connectivity index (χ2n) is 6.27. The average Bonchev–Trinajstić information content (AvgIpc) is 3.40. The Hall–Kier alpha value is -2.68. The van der Waals surface area contributed by atoms with Crippen molar-refractivity contribution >= 4 is 45.7 Å². The normalized spacial score (nSPS) is 10.9. The van der Waals surface area contributed by atoms with Crippen molar-refractivity contribution in [3.8, 4) is 22.6 Å². The Labute approximate surface area is 187 Å². The summed E-state index contributed by atoms with van der Waals surface area (Å²) in [5.41, 5.74) is 2.69. The van der Waals surface area contributed by atoms with Gasteiger partial charge in [0.25, 0.3) is 0 Å². The molecule has 4 aromatic rings. The molecule has 30 heavy (non-hydrogen) atoms. The molecule has 0 unspecified atom stereocenters. The summed E-state index contributed by atoms with van der Waals surface area (Å²) in [7, 11) is 0. The molecule has 4 rings (SSSR count). The lowest BCUT2D eigenvalue weighted by atomic mass is 10.2. The highest BCUT2D eigenvalue weighted by molar-refractivity contribution is 7.99. The molecule has 0 radical (unpaired) electrons. The number of hydrogen-bond donors (Lipinski definition) is 1. The Morgan fingerprint density at radius 1 is 1.13 bits per heavy atom. The summed E-state index contributed by atoms with van der Waals surface area (Å²) < 4.78 is 1.95. The number of benzene rings is 2. The van der Waals surface area contributed by atoms with Crippen LogP contribution in [0.4, 0.5) is 5.13 Å². The fourth-order valence-corrected chi connectivity index (χ4v) is 4.64. The van der Waals surface area contributed by atoms with Crippen LogP contribution in [0.3, 0.4) is 0 Å². The molecule has 6 nitrogen and oxygen atoms in total. The van der Waals surface area contributed by atoms with Crippen molar-refractivity contribution in [1.29, 1.82) is 0 Å². The van der Waals surface area contributed by atoms with Gasteiger partial charge >= 0.3 is 0 Å². The van der Waals surface area contributed by atoms with E-state index in [1.165, 1.54) is 23.1 Å². The number of carbonyl (C=O) groups excluding carboxylic acids is 1. The fourth-order valence-electron chi connectivity index (χ4n) is 2.88. The highest BCUT2D eigenvalue weighted by atomic mass is 35.5. The molecule has 0 atom stereocenters. The van der Waals surface area contributed by atoms with Gasteiger partial charge in [0, 0.05) is 23.1 Å². The number of thioether (sulfide) groups is 1. The van der Waals surface area contributed by atoms with Gasteiger partial charge in [-0.05, 0) is 19.1 Å². The zero-order valence-electron chi connectivity index (χ0n) is 16.1. The van der Waals surface area contributed by atoms with E-state index in [9.17, 15) is 4.79 Å². The highest BCUT2D eigenvalue weighted by Gasteiger charge is 2.17. The molecule has 0 aliphatic heterocycles. The van der Waals surface area contributed by atoms with Gasteiger partial charge in [-0.25, -0.2) is 4.98 Å². The van der Waals surface area contributed by atoms with Crippen LogP contribution in [-0.2, 0) is 11.3 Å². The molecule has 0 aliphatic carbocycles. The minimum atomic E-state index is -0.140. The van der Waals surface area contributed by atoms with Gasteiger partial charge in [-0.2, -0.15) is 0 Å². The van der Waals surface area contributed by atoms with Gasteiger partial charge in [0.15, 0.2) is 16.1 Å². The molecule has 0 saturated heterocycles. The maximum atomic E-state index is 12.4. The zero-order valence-corrected chi connectivity index (χ0v) is 18.5. The Balaban J connectivity index is 1.41. The molecular formula is C21H18ClN5OS2. The lowest BCUT2D eigenvalue weighted by Gasteiger charge is -2.08. The van der Waals surface area contributed by atoms with Crippen LogP contribution >= 0.6 is 34.7 Å². The summed E-state index contributed by atoms with van der Waals surface area (Å²) >= 11 is 9.04. The van der Waals surface area contributed by atoms with Gasteiger partial charge < -0.3 is 9.88 Å². The lowest BCUT2D eigenvalue weighted by molar-refractivity contribution is -0.113. The van der Waals surface area contributed by atoms with Crippen molar-refractivity contribution in [2.45, 2.75) is 18.6 Å². The molecule has 0 fully saturated rings. The summed E-state index contributed by atoms with van der Waals surface area (Å²) in [5.74, 6) is 0.762. The van der Waals surface area contributed by atoms with E-state index >= 15 is 0 Å². The highest BCUT2D eigenvalue weighted by Crippen LogP contribution is 2.29. The molecule has 2 aromatic heterocycles. The minimum absolute atomic E-state index is 0.140. The molecule has 152 valence electrons. The Kier molecular flexibility index (Phi) is 6.47. The van der Waals surface area contributed by atoms with Gasteiger partial charge in [-0.3, -0.25) is 4.79 Å². The van der Waals surface area contributed by atoms with E-state index in [2.05, 4.69) is 20.5 Å². The van der Waals surface area contributed by atoms with E-state index in [4.69, 9.17) is 11.6 Å². The lowest BCUT2D eigenvalue weighted by Crippen LogP contribution is -2.14. The quantitative estimate of drug-likeness (QED) is 0.374. The molecule has 9 heteroatoms. The van der Waals surface area contributed by atoms with Crippen molar-refractivity contribution in [2.75, 3.05) is 11.1 Å². The van der Waals surface area contributed by atoms with Crippen molar-refractivity contribution in [3.63, 3.8) is 0 Å². The van der Waals surface area contributed by atoms with Crippen LogP contribution in [0.25, 0.3) is 22.6 Å². The number of carbonyl (C=O) groups is 1. The Morgan fingerprint density at radius 3 is 2.67 bits per heavy atom. The van der Waals surface area contributed by atoms with Gasteiger partial charge in [-0.1, -0.05) is 65.8 Å². The predicted octanol–water partition coefficient (Wildman–Crippen LogP) is 5.47. The number of aromatic nitrogens is 4. The Bertz CT molecular complexity index is 1160. The van der Waals surface area contributed by atoms with Crippen LogP contribution in [0.1, 0.15) is 6.92 Å². The van der Waals surface area contributed by atoms with E-state index in [0.717, 1.165) is 16.8 Å². The molecule has 0 saturated carbocycles. The van der Waals surface area contributed by atoms with Crippen molar-refractivity contribution in [3.05, 3.63) is 65.0 Å². The van der Waals surface area contributed by atoms with E-state index in [1.54, 1.807) is 0 Å². The molecule has 2 heterocycles. The summed E-state index contributed by atoms with van der Waals surface area (Å²) in [5, 5.41) is 15.2. The monoisotopic (exact) mass is 455 g/mol. The number of amides is 1. The summed E-state index contributed by atoms with van der Waals surface area (Å²) in [6.45, 7) is 2.68. The third-order valence-electron chi connectivity index (χ3n) is 4.30. The number of hydrogen-bond acceptors (Lipinski definition) is 6. The second kappa shape index (κ2) is 9.42. The van der Waals surface area contributed by atoms with E-state index in [-0.39, 0.29) is 11.7 Å². The maximum Gasteiger partial charge on any atom is 0.236 e. The zero-order chi connectivity index (χ0) is 20.9. The van der Waals surface area contributed by atoms with E-state index in [1.807, 2.05) is 71.5 Å². The standard InChI is InChI=1S/C21H18ClN5OS2/c1-2-27-19(15-10-6-7-11-16(15)22)25-26-21(27)30-13-18(28)24-20-23-17(12-29-20)14-8-4-3-5-9-14/h3-12H,2,13H2,1H3,(H,23,24,28). The van der Waals surface area contributed by atoms with Gasteiger partial charge in [0.2, 0.25) is 5.91 Å². The first-order valence-corrected chi connectivity index (χ1v) is 11.5. The molecule has 1 N–H and O–H groups in total. The number of nitrogens with zero attached hydrogens (tertiary/aromatic N) is 4. The van der Waals surface area contributed by atoms with Crippen LogP contribution < -0.4 is 5.32 Å². The Morgan fingerprint density at radius 2 is 1.90 bits per heavy atom. The van der Waals surface area contributed by atoms with Crippen LogP contribution in [0.15, 0.2) is 65.1 Å². The van der Waals surface area contributed by atoms with Crippen molar-refractivity contribution in [2.24, 2.45) is 0 Å². The molecular weight excluding hydrogens is 438 g/mol. The van der Waals surface area contributed by atoms with Gasteiger partial charge in [0.1, 0.15) is 0 Å². The molecule has 2 aromatic carbocycles. The molecule has 1 amide bonds. The summed E-state index contributed by atoms with van der Waals surface area (Å²) in [4.78, 5) is 16.9. The SMILES string of the molecule is CCn1c(SCC(=O)Nc2nc(-c3ccccc3)cs2)nnc1-c1ccccc1Cl. The fraction of sp³-hybridized carbons (Fsp3) is 0.143. The number of rotatable bonds is 7. The first-order valence-electron chi connectivity index (χ1n) is 9.27. The van der Waals surface area contributed by atoms with E-state index in [0.29, 0.717) is 27.7 Å². The number of nitrogens with one attached hydrogen (secondary N) is 1. The number of halogens is 1.